The fourth-order valence-electron chi connectivity index (χ4n) is 2.27. The van der Waals surface area contributed by atoms with Crippen molar-refractivity contribution in [3.63, 3.8) is 0 Å². The second-order valence-corrected chi connectivity index (χ2v) is 6.40. The van der Waals surface area contributed by atoms with Crippen LogP contribution in [0.2, 0.25) is 5.02 Å². The zero-order chi connectivity index (χ0) is 16.7. The Bertz CT molecular complexity index is 553. The van der Waals surface area contributed by atoms with Gasteiger partial charge in [0.1, 0.15) is 0 Å². The van der Waals surface area contributed by atoms with E-state index in [1.54, 1.807) is 7.05 Å². The number of halogens is 2. The van der Waals surface area contributed by atoms with Gasteiger partial charge in [0, 0.05) is 26.6 Å². The second kappa shape index (κ2) is 10.9. The number of hydrogen-bond donors (Lipinski definition) is 2. The molecule has 0 aliphatic carbocycles. The van der Waals surface area contributed by atoms with Gasteiger partial charge in [-0.3, -0.25) is 4.99 Å². The summed E-state index contributed by atoms with van der Waals surface area (Å²) in [5, 5.41) is 7.19. The Labute approximate surface area is 166 Å². The van der Waals surface area contributed by atoms with Crippen molar-refractivity contribution in [2.24, 2.45) is 10.9 Å². The maximum absolute atomic E-state index is 6.31. The van der Waals surface area contributed by atoms with Crippen molar-refractivity contribution < 1.29 is 9.47 Å². The standard InChI is InChI=1S/C17H26ClN3O2.HI/c1-12(2)5-6-20-17(19-3)21-11-13-9-14(18)16-15(10-13)22-7-4-8-23-16;/h9-10,12H,4-8,11H2,1-3H3,(H2,19,20,21);1H. The zero-order valence-electron chi connectivity index (χ0n) is 14.5. The van der Waals surface area contributed by atoms with Crippen LogP contribution in [0.25, 0.3) is 0 Å². The second-order valence-electron chi connectivity index (χ2n) is 5.99. The molecule has 0 aromatic heterocycles. The Hall–Kier alpha value is -0.890. The van der Waals surface area contributed by atoms with Crippen molar-refractivity contribution in [3.8, 4) is 11.5 Å². The first-order valence-corrected chi connectivity index (χ1v) is 8.50. The summed E-state index contributed by atoms with van der Waals surface area (Å²) in [7, 11) is 1.77. The van der Waals surface area contributed by atoms with Crippen LogP contribution in [0.1, 0.15) is 32.3 Å². The number of ether oxygens (including phenoxy) is 2. The first-order chi connectivity index (χ1) is 11.1. The van der Waals surface area contributed by atoms with E-state index in [4.69, 9.17) is 21.1 Å². The van der Waals surface area contributed by atoms with Gasteiger partial charge >= 0.3 is 0 Å². The Morgan fingerprint density at radius 2 is 2.00 bits per heavy atom. The monoisotopic (exact) mass is 467 g/mol. The van der Waals surface area contributed by atoms with Crippen LogP contribution in [0, 0.1) is 5.92 Å². The molecule has 0 amide bonds. The summed E-state index contributed by atoms with van der Waals surface area (Å²) in [6.45, 7) is 7.22. The average Bonchev–Trinajstić information content (AvgIpc) is 2.76. The lowest BCUT2D eigenvalue weighted by molar-refractivity contribution is 0.297. The molecule has 5 nitrogen and oxygen atoms in total. The van der Waals surface area contributed by atoms with E-state index in [1.807, 2.05) is 12.1 Å². The smallest absolute Gasteiger partial charge is 0.191 e. The summed E-state index contributed by atoms with van der Waals surface area (Å²) in [5.41, 5.74) is 1.03. The van der Waals surface area contributed by atoms with E-state index in [0.717, 1.165) is 36.7 Å². The molecule has 0 spiro atoms. The van der Waals surface area contributed by atoms with Crippen LogP contribution in [-0.4, -0.2) is 32.8 Å². The number of benzene rings is 1. The maximum Gasteiger partial charge on any atom is 0.191 e. The summed E-state index contributed by atoms with van der Waals surface area (Å²) in [6.07, 6.45) is 1.97. The summed E-state index contributed by atoms with van der Waals surface area (Å²) < 4.78 is 11.4. The molecule has 2 N–H and O–H groups in total. The molecular weight excluding hydrogens is 441 g/mol. The minimum Gasteiger partial charge on any atom is -0.489 e. The zero-order valence-corrected chi connectivity index (χ0v) is 17.6. The quantitative estimate of drug-likeness (QED) is 0.393. The fraction of sp³-hybridized carbons (Fsp3) is 0.588. The first kappa shape index (κ1) is 21.2. The van der Waals surface area contributed by atoms with Crippen LogP contribution < -0.4 is 20.1 Å². The normalized spacial score (nSPS) is 14.0. The lowest BCUT2D eigenvalue weighted by atomic mass is 10.1. The van der Waals surface area contributed by atoms with Gasteiger partial charge < -0.3 is 20.1 Å². The maximum atomic E-state index is 6.31. The van der Waals surface area contributed by atoms with Gasteiger partial charge in [-0.1, -0.05) is 25.4 Å². The van der Waals surface area contributed by atoms with Crippen molar-refractivity contribution in [2.45, 2.75) is 33.2 Å². The number of nitrogens with one attached hydrogen (secondary N) is 2. The van der Waals surface area contributed by atoms with Crippen LogP contribution in [0.4, 0.5) is 0 Å². The summed E-state index contributed by atoms with van der Waals surface area (Å²) in [6, 6.07) is 3.88. The molecule has 1 aromatic rings. The molecule has 1 heterocycles. The molecule has 0 fully saturated rings. The Morgan fingerprint density at radius 1 is 1.25 bits per heavy atom. The highest BCUT2D eigenvalue weighted by atomic mass is 127. The topological polar surface area (TPSA) is 54.9 Å². The number of nitrogens with zero attached hydrogens (tertiary/aromatic N) is 1. The van der Waals surface area contributed by atoms with Crippen molar-refractivity contribution in [1.29, 1.82) is 0 Å². The van der Waals surface area contributed by atoms with E-state index in [-0.39, 0.29) is 24.0 Å². The molecule has 0 atom stereocenters. The van der Waals surface area contributed by atoms with Crippen LogP contribution in [0.5, 0.6) is 11.5 Å². The lowest BCUT2D eigenvalue weighted by Gasteiger charge is -2.15. The predicted molar refractivity (Wildman–Crippen MR) is 110 cm³/mol. The van der Waals surface area contributed by atoms with Gasteiger partial charge in [-0.25, -0.2) is 0 Å². The van der Waals surface area contributed by atoms with Gasteiger partial charge in [0.25, 0.3) is 0 Å². The fourth-order valence-corrected chi connectivity index (χ4v) is 2.56. The van der Waals surface area contributed by atoms with E-state index in [1.165, 1.54) is 0 Å². The van der Waals surface area contributed by atoms with Gasteiger partial charge in [0.15, 0.2) is 17.5 Å². The van der Waals surface area contributed by atoms with Crippen LogP contribution >= 0.6 is 35.6 Å². The molecule has 2 rings (SSSR count). The van der Waals surface area contributed by atoms with Crippen molar-refractivity contribution in [1.82, 2.24) is 10.6 Å². The van der Waals surface area contributed by atoms with Gasteiger partial charge in [-0.2, -0.15) is 0 Å². The molecule has 0 bridgehead atoms. The van der Waals surface area contributed by atoms with Gasteiger partial charge in [0.05, 0.1) is 18.2 Å². The SMILES string of the molecule is CN=C(NCCC(C)C)NCc1cc(Cl)c2c(c1)OCCCO2.I. The highest BCUT2D eigenvalue weighted by Crippen LogP contribution is 2.37. The molecule has 1 aliphatic rings. The number of rotatable bonds is 5. The minimum atomic E-state index is 0. The Morgan fingerprint density at radius 3 is 2.71 bits per heavy atom. The first-order valence-electron chi connectivity index (χ1n) is 8.12. The minimum absolute atomic E-state index is 0. The molecule has 24 heavy (non-hydrogen) atoms. The summed E-state index contributed by atoms with van der Waals surface area (Å²) in [5.74, 6) is 2.82. The van der Waals surface area contributed by atoms with E-state index in [9.17, 15) is 0 Å². The summed E-state index contributed by atoms with van der Waals surface area (Å²) in [4.78, 5) is 4.23. The van der Waals surface area contributed by atoms with E-state index in [2.05, 4.69) is 29.5 Å². The molecule has 0 unspecified atom stereocenters. The van der Waals surface area contributed by atoms with Crippen molar-refractivity contribution >= 4 is 41.5 Å². The van der Waals surface area contributed by atoms with Crippen molar-refractivity contribution in [3.05, 3.63) is 22.7 Å². The molecular formula is C17H27ClIN3O2. The summed E-state index contributed by atoms with van der Waals surface area (Å²) >= 11 is 6.31. The number of guanidine groups is 1. The third-order valence-corrected chi connectivity index (χ3v) is 3.84. The molecule has 1 aromatic carbocycles. The van der Waals surface area contributed by atoms with Crippen molar-refractivity contribution in [2.75, 3.05) is 26.8 Å². The number of aliphatic imine (C=N–C) groups is 1. The highest BCUT2D eigenvalue weighted by Gasteiger charge is 2.15. The largest absolute Gasteiger partial charge is 0.489 e. The Kier molecular flexibility index (Phi) is 9.58. The molecule has 0 radical (unpaired) electrons. The molecule has 136 valence electrons. The van der Waals surface area contributed by atoms with Crippen LogP contribution in [0.3, 0.4) is 0 Å². The van der Waals surface area contributed by atoms with Gasteiger partial charge in [0.2, 0.25) is 0 Å². The number of hydrogen-bond acceptors (Lipinski definition) is 3. The highest BCUT2D eigenvalue weighted by molar-refractivity contribution is 14.0. The van der Waals surface area contributed by atoms with Crippen LogP contribution in [-0.2, 0) is 6.54 Å². The number of fused-ring (bicyclic) bond motifs is 1. The van der Waals surface area contributed by atoms with Gasteiger partial charge in [-0.05, 0) is 30.0 Å². The van der Waals surface area contributed by atoms with E-state index < -0.39 is 0 Å². The molecule has 0 saturated heterocycles. The molecule has 7 heteroatoms. The lowest BCUT2D eigenvalue weighted by Crippen LogP contribution is -2.37. The Balaban J connectivity index is 0.00000288. The predicted octanol–water partition coefficient (Wildman–Crippen LogP) is 3.83. The average molecular weight is 468 g/mol. The molecule has 0 saturated carbocycles. The van der Waals surface area contributed by atoms with Crippen LogP contribution in [0.15, 0.2) is 17.1 Å². The molecule has 1 aliphatic heterocycles. The third kappa shape index (κ3) is 6.55. The van der Waals surface area contributed by atoms with E-state index >= 15 is 0 Å². The van der Waals surface area contributed by atoms with E-state index in [0.29, 0.717) is 36.4 Å². The third-order valence-electron chi connectivity index (χ3n) is 3.56. The van der Waals surface area contributed by atoms with Gasteiger partial charge in [-0.15, -0.1) is 24.0 Å².